The fourth-order valence-corrected chi connectivity index (χ4v) is 3.30. The molecule has 1 unspecified atom stereocenters. The van der Waals surface area contributed by atoms with Crippen LogP contribution in [-0.2, 0) is 14.6 Å². The predicted octanol–water partition coefficient (Wildman–Crippen LogP) is -1.30. The fraction of sp³-hybridized carbons (Fsp3) is 0.900. The Kier molecular flexibility index (Phi) is 5.35. The number of likely N-dealkylation sites (tertiary alicyclic amines) is 1. The summed E-state index contributed by atoms with van der Waals surface area (Å²) in [6, 6.07) is 0.307. The first kappa shape index (κ1) is 14.4. The smallest absolute Gasteiger partial charge is 0.218 e. The van der Waals surface area contributed by atoms with Crippen LogP contribution >= 0.6 is 0 Å². The Morgan fingerprint density at radius 1 is 1.35 bits per heavy atom. The average molecular weight is 263 g/mol. The lowest BCUT2D eigenvalue weighted by Gasteiger charge is -2.22. The Balaban J connectivity index is 2.36. The van der Waals surface area contributed by atoms with Gasteiger partial charge in [0.25, 0.3) is 0 Å². The minimum Gasteiger partial charge on any atom is -0.370 e. The highest BCUT2D eigenvalue weighted by molar-refractivity contribution is 7.91. The van der Waals surface area contributed by atoms with Gasteiger partial charge in [-0.15, -0.1) is 0 Å². The molecular weight excluding hydrogens is 242 g/mol. The summed E-state index contributed by atoms with van der Waals surface area (Å²) in [4.78, 5) is 12.6. The van der Waals surface area contributed by atoms with Crippen LogP contribution in [0.4, 0.5) is 0 Å². The molecule has 0 aliphatic carbocycles. The van der Waals surface area contributed by atoms with Crippen molar-refractivity contribution in [2.45, 2.75) is 25.3 Å². The van der Waals surface area contributed by atoms with Crippen molar-refractivity contribution in [3.05, 3.63) is 0 Å². The molecule has 6 nitrogen and oxygen atoms in total. The zero-order chi connectivity index (χ0) is 12.9. The Morgan fingerprint density at radius 3 is 2.65 bits per heavy atom. The highest BCUT2D eigenvalue weighted by Crippen LogP contribution is 2.15. The van der Waals surface area contributed by atoms with Crippen LogP contribution in [0.1, 0.15) is 19.3 Å². The minimum atomic E-state index is -3.18. The van der Waals surface area contributed by atoms with E-state index >= 15 is 0 Å². The number of nitrogens with two attached hydrogens (primary N) is 2. The van der Waals surface area contributed by atoms with Crippen LogP contribution in [0, 0.1) is 0 Å². The minimum absolute atomic E-state index is 0.0801. The van der Waals surface area contributed by atoms with Gasteiger partial charge in [-0.05, 0) is 19.4 Å². The third-order valence-electron chi connectivity index (χ3n) is 3.12. The number of hydrogen-bond acceptors (Lipinski definition) is 5. The number of carbonyl (C=O) groups is 1. The molecule has 0 aromatic heterocycles. The van der Waals surface area contributed by atoms with E-state index < -0.39 is 15.7 Å². The SMILES string of the molecule is NCC1CCCN1CCS(=O)(=O)CCC(N)=O. The molecule has 0 aromatic rings. The normalized spacial score (nSPS) is 21.8. The molecule has 1 aliphatic heterocycles. The van der Waals surface area contributed by atoms with Crippen LogP contribution in [-0.4, -0.2) is 56.4 Å². The molecular formula is C10H21N3O3S. The molecule has 1 amide bonds. The van der Waals surface area contributed by atoms with E-state index in [4.69, 9.17) is 11.5 Å². The first-order chi connectivity index (χ1) is 7.94. The third kappa shape index (κ3) is 5.01. The molecule has 7 heteroatoms. The Labute approximate surface area is 102 Å². The second kappa shape index (κ2) is 6.32. The van der Waals surface area contributed by atoms with E-state index in [1.54, 1.807) is 0 Å². The van der Waals surface area contributed by atoms with Crippen molar-refractivity contribution < 1.29 is 13.2 Å². The number of carbonyl (C=O) groups excluding carboxylic acids is 1. The lowest BCUT2D eigenvalue weighted by atomic mass is 10.2. The van der Waals surface area contributed by atoms with Gasteiger partial charge in [0.2, 0.25) is 5.91 Å². The van der Waals surface area contributed by atoms with Crippen molar-refractivity contribution >= 4 is 15.7 Å². The van der Waals surface area contributed by atoms with Gasteiger partial charge in [0.15, 0.2) is 9.84 Å². The molecule has 1 saturated heterocycles. The van der Waals surface area contributed by atoms with Crippen molar-refractivity contribution in [1.82, 2.24) is 4.90 Å². The summed E-state index contributed by atoms with van der Waals surface area (Å²) in [6.45, 7) is 1.98. The van der Waals surface area contributed by atoms with Gasteiger partial charge in [-0.2, -0.15) is 0 Å². The quantitative estimate of drug-likeness (QED) is 0.594. The average Bonchev–Trinajstić information content (AvgIpc) is 2.71. The molecule has 1 atom stereocenters. The van der Waals surface area contributed by atoms with E-state index in [2.05, 4.69) is 4.90 Å². The maximum atomic E-state index is 11.6. The molecule has 1 aliphatic rings. The first-order valence-electron chi connectivity index (χ1n) is 5.87. The van der Waals surface area contributed by atoms with E-state index in [1.165, 1.54) is 0 Å². The van der Waals surface area contributed by atoms with Crippen LogP contribution in [0.3, 0.4) is 0 Å². The standard InChI is InChI=1S/C10H21N3O3S/c11-8-9-2-1-4-13(9)5-7-17(15,16)6-3-10(12)14/h9H,1-8,11H2,(H2,12,14). The summed E-state index contributed by atoms with van der Waals surface area (Å²) in [5.41, 5.74) is 10.5. The van der Waals surface area contributed by atoms with Crippen molar-refractivity contribution in [2.75, 3.05) is 31.1 Å². The number of amides is 1. The van der Waals surface area contributed by atoms with E-state index in [0.29, 0.717) is 19.1 Å². The molecule has 0 aromatic carbocycles. The zero-order valence-corrected chi connectivity index (χ0v) is 10.8. The second-order valence-corrected chi connectivity index (χ2v) is 6.74. The Hall–Kier alpha value is -0.660. The van der Waals surface area contributed by atoms with Crippen LogP contribution < -0.4 is 11.5 Å². The summed E-state index contributed by atoms with van der Waals surface area (Å²) in [5, 5.41) is 0. The highest BCUT2D eigenvalue weighted by Gasteiger charge is 2.24. The fourth-order valence-electron chi connectivity index (χ4n) is 2.07. The van der Waals surface area contributed by atoms with E-state index in [-0.39, 0.29) is 17.9 Å². The summed E-state index contributed by atoms with van der Waals surface area (Å²) >= 11 is 0. The highest BCUT2D eigenvalue weighted by atomic mass is 32.2. The van der Waals surface area contributed by atoms with Gasteiger partial charge in [0, 0.05) is 25.6 Å². The van der Waals surface area contributed by atoms with Gasteiger partial charge in [0.1, 0.15) is 0 Å². The molecule has 0 bridgehead atoms. The number of nitrogens with zero attached hydrogens (tertiary/aromatic N) is 1. The van der Waals surface area contributed by atoms with Gasteiger partial charge in [-0.1, -0.05) is 0 Å². The summed E-state index contributed by atoms with van der Waals surface area (Å²) in [5.74, 6) is -0.644. The van der Waals surface area contributed by atoms with Gasteiger partial charge < -0.3 is 11.5 Å². The summed E-state index contributed by atoms with van der Waals surface area (Å²) < 4.78 is 23.2. The number of rotatable bonds is 7. The van der Waals surface area contributed by atoms with Crippen molar-refractivity contribution in [3.63, 3.8) is 0 Å². The Morgan fingerprint density at radius 2 is 2.06 bits per heavy atom. The van der Waals surface area contributed by atoms with E-state index in [9.17, 15) is 13.2 Å². The van der Waals surface area contributed by atoms with Crippen molar-refractivity contribution in [1.29, 1.82) is 0 Å². The number of hydrogen-bond donors (Lipinski definition) is 2. The van der Waals surface area contributed by atoms with Crippen LogP contribution in [0.5, 0.6) is 0 Å². The molecule has 1 heterocycles. The lowest BCUT2D eigenvalue weighted by molar-refractivity contribution is -0.117. The summed E-state index contributed by atoms with van der Waals surface area (Å²) in [6.07, 6.45) is 2.02. The van der Waals surface area contributed by atoms with Gasteiger partial charge in [0.05, 0.1) is 11.5 Å². The molecule has 17 heavy (non-hydrogen) atoms. The number of primary amides is 1. The van der Waals surface area contributed by atoms with Gasteiger partial charge in [-0.25, -0.2) is 8.42 Å². The van der Waals surface area contributed by atoms with Crippen molar-refractivity contribution in [2.24, 2.45) is 11.5 Å². The molecule has 1 rings (SSSR count). The van der Waals surface area contributed by atoms with Crippen LogP contribution in [0.2, 0.25) is 0 Å². The third-order valence-corrected chi connectivity index (χ3v) is 4.75. The van der Waals surface area contributed by atoms with Gasteiger partial charge >= 0.3 is 0 Å². The molecule has 0 radical (unpaired) electrons. The molecule has 0 spiro atoms. The predicted molar refractivity (Wildman–Crippen MR) is 66.1 cm³/mol. The molecule has 4 N–H and O–H groups in total. The molecule has 1 fully saturated rings. The number of sulfone groups is 1. The van der Waals surface area contributed by atoms with Crippen molar-refractivity contribution in [3.8, 4) is 0 Å². The van der Waals surface area contributed by atoms with Gasteiger partial charge in [-0.3, -0.25) is 9.69 Å². The lowest BCUT2D eigenvalue weighted by Crippen LogP contribution is -2.38. The molecule has 100 valence electrons. The zero-order valence-electron chi connectivity index (χ0n) is 9.97. The second-order valence-electron chi connectivity index (χ2n) is 4.44. The van der Waals surface area contributed by atoms with Crippen LogP contribution in [0.15, 0.2) is 0 Å². The summed E-state index contributed by atoms with van der Waals surface area (Å²) in [7, 11) is -3.18. The maximum Gasteiger partial charge on any atom is 0.218 e. The Bertz CT molecular complexity index is 356. The van der Waals surface area contributed by atoms with Crippen LogP contribution in [0.25, 0.3) is 0 Å². The van der Waals surface area contributed by atoms with E-state index in [0.717, 1.165) is 19.4 Å². The topological polar surface area (TPSA) is 106 Å². The molecule has 0 saturated carbocycles. The van der Waals surface area contributed by atoms with E-state index in [1.807, 2.05) is 0 Å². The first-order valence-corrected chi connectivity index (χ1v) is 7.69. The maximum absolute atomic E-state index is 11.6. The monoisotopic (exact) mass is 263 g/mol. The largest absolute Gasteiger partial charge is 0.370 e.